The van der Waals surface area contributed by atoms with E-state index in [1.54, 1.807) is 29.1 Å². The zero-order valence-electron chi connectivity index (χ0n) is 15.1. The Morgan fingerprint density at radius 1 is 1.28 bits per heavy atom. The number of aliphatic hydroxyl groups excluding tert-OH is 1. The molecule has 1 aliphatic rings. The average molecular weight is 417 g/mol. The van der Waals surface area contributed by atoms with Crippen LogP contribution in [-0.4, -0.2) is 50.0 Å². The van der Waals surface area contributed by atoms with Gasteiger partial charge in [-0.2, -0.15) is 4.98 Å². The number of aliphatic hydroxyl groups is 1. The molecule has 0 bridgehead atoms. The van der Waals surface area contributed by atoms with Crippen molar-refractivity contribution in [3.05, 3.63) is 53.7 Å². The van der Waals surface area contributed by atoms with Crippen LogP contribution >= 0.6 is 11.6 Å². The van der Waals surface area contributed by atoms with E-state index in [9.17, 15) is 9.90 Å². The van der Waals surface area contributed by atoms with Crippen molar-refractivity contribution in [3.63, 3.8) is 0 Å². The molecule has 1 unspecified atom stereocenters. The zero-order valence-corrected chi connectivity index (χ0v) is 15.8. The monoisotopic (exact) mass is 416 g/mol. The fourth-order valence-corrected chi connectivity index (χ4v) is 2.89. The molecule has 3 heterocycles. The van der Waals surface area contributed by atoms with E-state index in [0.29, 0.717) is 17.3 Å². The number of hydrogen-bond donors (Lipinski definition) is 3. The van der Waals surface area contributed by atoms with Crippen molar-refractivity contribution in [1.82, 2.24) is 24.8 Å². The molecule has 0 fully saturated rings. The highest BCUT2D eigenvalue weighted by Crippen LogP contribution is 2.32. The Hall–Kier alpha value is -3.37. The van der Waals surface area contributed by atoms with Gasteiger partial charge >= 0.3 is 0 Å². The number of halogens is 1. The molecule has 4 rings (SSSR count). The van der Waals surface area contributed by atoms with Gasteiger partial charge in [-0.05, 0) is 17.7 Å². The molecule has 0 aliphatic carbocycles. The second-order valence-corrected chi connectivity index (χ2v) is 6.52. The molecule has 3 N–H and O–H groups in total. The number of imidazole rings is 1. The summed E-state index contributed by atoms with van der Waals surface area (Å²) in [6.07, 6.45) is 4.77. The summed E-state index contributed by atoms with van der Waals surface area (Å²) in [6.45, 7) is 0.0116. The SMILES string of the molecule is O=C(NCc1ccc2c(c1)OCO2)C(CO)Nc1cc(Cl)nc(-n2ccnc2)n1. The molecule has 1 aromatic carbocycles. The summed E-state index contributed by atoms with van der Waals surface area (Å²) < 4.78 is 12.2. The van der Waals surface area contributed by atoms with E-state index in [0.717, 1.165) is 5.56 Å². The summed E-state index contributed by atoms with van der Waals surface area (Å²) in [7, 11) is 0. The molecule has 11 heteroatoms. The second-order valence-electron chi connectivity index (χ2n) is 6.13. The zero-order chi connectivity index (χ0) is 20.2. The Labute approximate surface area is 170 Å². The molecule has 2 aromatic heterocycles. The Morgan fingerprint density at radius 3 is 2.93 bits per heavy atom. The maximum absolute atomic E-state index is 12.5. The molecule has 150 valence electrons. The Balaban J connectivity index is 1.41. The van der Waals surface area contributed by atoms with Crippen molar-refractivity contribution in [2.24, 2.45) is 0 Å². The van der Waals surface area contributed by atoms with Crippen LogP contribution in [0.4, 0.5) is 5.82 Å². The Kier molecular flexibility index (Phi) is 5.45. The number of anilines is 1. The number of carbonyl (C=O) groups is 1. The van der Waals surface area contributed by atoms with Gasteiger partial charge in [0.25, 0.3) is 0 Å². The van der Waals surface area contributed by atoms with E-state index in [2.05, 4.69) is 25.6 Å². The minimum absolute atomic E-state index is 0.184. The van der Waals surface area contributed by atoms with Gasteiger partial charge in [0, 0.05) is 25.0 Å². The van der Waals surface area contributed by atoms with Crippen LogP contribution in [0.5, 0.6) is 11.5 Å². The summed E-state index contributed by atoms with van der Waals surface area (Å²) in [5.41, 5.74) is 0.840. The summed E-state index contributed by atoms with van der Waals surface area (Å²) in [6, 6.07) is 5.95. The molecule has 0 saturated heterocycles. The van der Waals surface area contributed by atoms with Gasteiger partial charge in [0.1, 0.15) is 23.3 Å². The maximum Gasteiger partial charge on any atom is 0.245 e. The number of hydrogen-bond acceptors (Lipinski definition) is 8. The van der Waals surface area contributed by atoms with Crippen molar-refractivity contribution in [2.75, 3.05) is 18.7 Å². The van der Waals surface area contributed by atoms with Gasteiger partial charge in [-0.1, -0.05) is 17.7 Å². The van der Waals surface area contributed by atoms with Gasteiger partial charge in [-0.15, -0.1) is 0 Å². The highest BCUT2D eigenvalue weighted by molar-refractivity contribution is 6.29. The van der Waals surface area contributed by atoms with Gasteiger partial charge in [-0.3, -0.25) is 9.36 Å². The molecular formula is C18H17ClN6O4. The van der Waals surface area contributed by atoms with Crippen molar-refractivity contribution in [2.45, 2.75) is 12.6 Å². The first kappa shape index (κ1) is 19.0. The number of carbonyl (C=O) groups excluding carboxylic acids is 1. The summed E-state index contributed by atoms with van der Waals surface area (Å²) in [5.74, 6) is 1.49. The highest BCUT2D eigenvalue weighted by atomic mass is 35.5. The molecule has 0 spiro atoms. The lowest BCUT2D eigenvalue weighted by Gasteiger charge is -2.17. The minimum atomic E-state index is -0.925. The van der Waals surface area contributed by atoms with Crippen molar-refractivity contribution >= 4 is 23.3 Å². The molecule has 1 aliphatic heterocycles. The number of ether oxygens (including phenoxy) is 2. The second kappa shape index (κ2) is 8.33. The van der Waals surface area contributed by atoms with E-state index in [1.165, 1.54) is 12.4 Å². The van der Waals surface area contributed by atoms with Crippen LogP contribution in [-0.2, 0) is 11.3 Å². The number of benzene rings is 1. The molecule has 3 aromatic rings. The van der Waals surface area contributed by atoms with Crippen LogP contribution in [0.25, 0.3) is 5.95 Å². The normalized spacial score (nSPS) is 13.2. The lowest BCUT2D eigenvalue weighted by atomic mass is 10.2. The van der Waals surface area contributed by atoms with Crippen LogP contribution < -0.4 is 20.1 Å². The van der Waals surface area contributed by atoms with Crippen molar-refractivity contribution < 1.29 is 19.4 Å². The number of fused-ring (bicyclic) bond motifs is 1. The van der Waals surface area contributed by atoms with E-state index in [-0.39, 0.29) is 24.4 Å². The van der Waals surface area contributed by atoms with E-state index < -0.39 is 18.6 Å². The van der Waals surface area contributed by atoms with Crippen LogP contribution in [0.3, 0.4) is 0 Å². The molecule has 1 atom stereocenters. The van der Waals surface area contributed by atoms with Gasteiger partial charge in [0.05, 0.1) is 6.61 Å². The smallest absolute Gasteiger partial charge is 0.245 e. The average Bonchev–Trinajstić information content (AvgIpc) is 3.41. The van der Waals surface area contributed by atoms with Crippen molar-refractivity contribution in [1.29, 1.82) is 0 Å². The van der Waals surface area contributed by atoms with Gasteiger partial charge in [0.15, 0.2) is 11.5 Å². The molecule has 0 saturated carbocycles. The third kappa shape index (κ3) is 4.39. The first-order valence-electron chi connectivity index (χ1n) is 8.69. The predicted octanol–water partition coefficient (Wildman–Crippen LogP) is 1.13. The number of nitrogens with one attached hydrogen (secondary N) is 2. The number of aromatic nitrogens is 4. The van der Waals surface area contributed by atoms with Gasteiger partial charge in [-0.25, -0.2) is 9.97 Å². The first-order valence-corrected chi connectivity index (χ1v) is 9.07. The summed E-state index contributed by atoms with van der Waals surface area (Å²) in [4.78, 5) is 24.8. The largest absolute Gasteiger partial charge is 0.454 e. The number of nitrogens with zero attached hydrogens (tertiary/aromatic N) is 4. The van der Waals surface area contributed by atoms with Crippen LogP contribution in [0.2, 0.25) is 5.15 Å². The number of rotatable bonds is 7. The summed E-state index contributed by atoms with van der Waals surface area (Å²) in [5, 5.41) is 15.5. The van der Waals surface area contributed by atoms with Crippen LogP contribution in [0.1, 0.15) is 5.56 Å². The third-order valence-corrected chi connectivity index (χ3v) is 4.34. The standard InChI is InChI=1S/C18H17ClN6O4/c19-15-6-16(24-18(23-15)25-4-3-20-9-25)22-12(8-26)17(27)21-7-11-1-2-13-14(5-11)29-10-28-13/h1-6,9,12,26H,7-8,10H2,(H,21,27)(H,22,23,24). The molecular weight excluding hydrogens is 400 g/mol. The fourth-order valence-electron chi connectivity index (χ4n) is 2.71. The quantitative estimate of drug-likeness (QED) is 0.490. The fraction of sp³-hybridized carbons (Fsp3) is 0.222. The maximum atomic E-state index is 12.5. The van der Waals surface area contributed by atoms with Gasteiger partial charge in [0.2, 0.25) is 18.6 Å². The van der Waals surface area contributed by atoms with Crippen LogP contribution in [0.15, 0.2) is 43.0 Å². The molecule has 1 amide bonds. The lowest BCUT2D eigenvalue weighted by Crippen LogP contribution is -2.42. The van der Waals surface area contributed by atoms with E-state index in [1.807, 2.05) is 6.07 Å². The third-order valence-electron chi connectivity index (χ3n) is 4.14. The summed E-state index contributed by atoms with van der Waals surface area (Å²) >= 11 is 6.05. The van der Waals surface area contributed by atoms with E-state index in [4.69, 9.17) is 21.1 Å². The predicted molar refractivity (Wildman–Crippen MR) is 103 cm³/mol. The Bertz CT molecular complexity index is 1010. The minimum Gasteiger partial charge on any atom is -0.454 e. The lowest BCUT2D eigenvalue weighted by molar-refractivity contribution is -0.122. The van der Waals surface area contributed by atoms with Gasteiger partial charge < -0.3 is 25.2 Å². The highest BCUT2D eigenvalue weighted by Gasteiger charge is 2.19. The topological polar surface area (TPSA) is 123 Å². The molecule has 10 nitrogen and oxygen atoms in total. The number of amides is 1. The van der Waals surface area contributed by atoms with E-state index >= 15 is 0 Å². The van der Waals surface area contributed by atoms with Crippen molar-refractivity contribution in [3.8, 4) is 17.4 Å². The molecule has 0 radical (unpaired) electrons. The Morgan fingerprint density at radius 2 is 2.14 bits per heavy atom. The first-order chi connectivity index (χ1) is 14.1. The molecule has 29 heavy (non-hydrogen) atoms. The van der Waals surface area contributed by atoms with Crippen LogP contribution in [0, 0.1) is 0 Å².